The second-order valence-corrected chi connectivity index (χ2v) is 18.9. The van der Waals surface area contributed by atoms with E-state index < -0.39 is 0 Å². The van der Waals surface area contributed by atoms with Crippen molar-refractivity contribution in [3.05, 3.63) is 0 Å². The van der Waals surface area contributed by atoms with Crippen LogP contribution in [-0.2, 0) is 9.53 Å². The fourth-order valence-electron chi connectivity index (χ4n) is 12.5. The molecule has 3 saturated carbocycles. The summed E-state index contributed by atoms with van der Waals surface area (Å²) in [6.07, 6.45) is 50.7. The lowest BCUT2D eigenvalue weighted by molar-refractivity contribution is -0.211. The molecule has 1 saturated heterocycles. The number of fused-ring (bicyclic) bond motifs is 1. The van der Waals surface area contributed by atoms with Gasteiger partial charge in [-0.15, -0.1) is 0 Å². The van der Waals surface area contributed by atoms with Gasteiger partial charge in [0.25, 0.3) is 0 Å². The second-order valence-electron chi connectivity index (χ2n) is 18.9. The van der Waals surface area contributed by atoms with E-state index in [1.54, 1.807) is 0 Å². The number of unbranched alkanes of at least 4 members (excludes halogenated alkanes) is 24. The first-order chi connectivity index (χ1) is 25.0. The third-order valence-corrected chi connectivity index (χ3v) is 15.1. The standard InChI is InChI=1S/C49H92O2/c1-6-11-16-21-26-31-36-44(35-30-25-20-15-10-5)47(37-32-27-22-17-12-7-2,38-33-28-23-18-13-8-3)49(39-34-29-24-19-14-9-4)42-46-40-48(49,41-46)45(50)51-43-46/h44H,6-43H2,1-5H3. The van der Waals surface area contributed by atoms with Crippen LogP contribution in [-0.4, -0.2) is 12.6 Å². The van der Waals surface area contributed by atoms with Crippen molar-refractivity contribution in [3.8, 4) is 0 Å². The lowest BCUT2D eigenvalue weighted by Crippen LogP contribution is -2.61. The summed E-state index contributed by atoms with van der Waals surface area (Å²) in [5.74, 6) is 1.03. The van der Waals surface area contributed by atoms with Crippen LogP contribution >= 0.6 is 0 Å². The highest BCUT2D eigenvalue weighted by Gasteiger charge is 2.83. The third-order valence-electron chi connectivity index (χ3n) is 15.1. The van der Waals surface area contributed by atoms with Crippen molar-refractivity contribution < 1.29 is 9.53 Å². The maximum atomic E-state index is 14.4. The molecule has 1 aliphatic heterocycles. The summed E-state index contributed by atoms with van der Waals surface area (Å²) in [6.45, 7) is 12.5. The van der Waals surface area contributed by atoms with E-state index in [4.69, 9.17) is 4.74 Å². The maximum Gasteiger partial charge on any atom is 0.312 e. The van der Waals surface area contributed by atoms with Gasteiger partial charge < -0.3 is 4.74 Å². The van der Waals surface area contributed by atoms with E-state index in [9.17, 15) is 4.79 Å². The van der Waals surface area contributed by atoms with Gasteiger partial charge in [0.2, 0.25) is 0 Å². The zero-order chi connectivity index (χ0) is 36.7. The fraction of sp³-hybridized carbons (Fsp3) is 0.980. The van der Waals surface area contributed by atoms with E-state index in [-0.39, 0.29) is 16.8 Å². The second kappa shape index (κ2) is 24.8. The Kier molecular flexibility index (Phi) is 21.8. The molecule has 4 fully saturated rings. The molecule has 0 aromatic heterocycles. The number of carbonyl (C=O) groups excluding carboxylic acids is 1. The predicted octanol–water partition coefficient (Wildman–Crippen LogP) is 16.7. The third kappa shape index (κ3) is 12.2. The molecule has 3 aliphatic carbocycles. The number of cyclic esters (lactones) is 1. The highest BCUT2D eigenvalue weighted by molar-refractivity contribution is 5.83. The molecule has 0 aromatic rings. The van der Waals surface area contributed by atoms with E-state index in [0.29, 0.717) is 10.8 Å². The van der Waals surface area contributed by atoms with Crippen LogP contribution < -0.4 is 0 Å². The predicted molar refractivity (Wildman–Crippen MR) is 223 cm³/mol. The molecule has 0 amide bonds. The van der Waals surface area contributed by atoms with Crippen molar-refractivity contribution in [1.82, 2.24) is 0 Å². The fourth-order valence-corrected chi connectivity index (χ4v) is 12.5. The van der Waals surface area contributed by atoms with Crippen molar-refractivity contribution in [2.24, 2.45) is 27.6 Å². The number of rotatable bonds is 36. The van der Waals surface area contributed by atoms with E-state index in [1.165, 1.54) is 238 Å². The molecule has 2 nitrogen and oxygen atoms in total. The number of hydrogen-bond donors (Lipinski definition) is 0. The molecule has 0 radical (unpaired) electrons. The average molecular weight is 713 g/mol. The number of carbonyl (C=O) groups is 1. The minimum Gasteiger partial charge on any atom is -0.465 e. The van der Waals surface area contributed by atoms with Crippen LogP contribution in [0.25, 0.3) is 0 Å². The molecule has 2 atom stereocenters. The van der Waals surface area contributed by atoms with Crippen LogP contribution in [0, 0.1) is 27.6 Å². The van der Waals surface area contributed by atoms with Gasteiger partial charge in [0.15, 0.2) is 0 Å². The summed E-state index contributed by atoms with van der Waals surface area (Å²) in [4.78, 5) is 14.4. The smallest absolute Gasteiger partial charge is 0.312 e. The van der Waals surface area contributed by atoms with Gasteiger partial charge in [0, 0.05) is 5.41 Å². The minimum atomic E-state index is -0.180. The van der Waals surface area contributed by atoms with Crippen LogP contribution in [0.5, 0.6) is 0 Å². The van der Waals surface area contributed by atoms with Gasteiger partial charge in [-0.2, -0.15) is 0 Å². The summed E-state index contributed by atoms with van der Waals surface area (Å²) in [5, 5.41) is 0. The highest BCUT2D eigenvalue weighted by Crippen LogP contribution is 2.85. The Balaban J connectivity index is 2.04. The summed E-state index contributed by atoms with van der Waals surface area (Å²) in [5.41, 5.74) is 0.569. The molecule has 1 heterocycles. The van der Waals surface area contributed by atoms with Crippen LogP contribution in [0.1, 0.15) is 272 Å². The summed E-state index contributed by atoms with van der Waals surface area (Å²) in [6, 6.07) is 0. The van der Waals surface area contributed by atoms with Crippen molar-refractivity contribution in [2.45, 2.75) is 272 Å². The molecule has 4 rings (SSSR count). The molecule has 2 heteroatoms. The molecule has 2 bridgehead atoms. The van der Waals surface area contributed by atoms with Crippen LogP contribution in [0.4, 0.5) is 0 Å². The number of ether oxygens (including phenoxy) is 1. The van der Waals surface area contributed by atoms with Crippen molar-refractivity contribution in [2.75, 3.05) is 6.61 Å². The molecule has 4 aliphatic rings. The first-order valence-electron chi connectivity index (χ1n) is 24.1. The largest absolute Gasteiger partial charge is 0.465 e. The lowest BCUT2D eigenvalue weighted by Gasteiger charge is -2.62. The summed E-state index contributed by atoms with van der Waals surface area (Å²) < 4.78 is 6.26. The minimum absolute atomic E-state index is 0.154. The Bertz CT molecular complexity index is 869. The van der Waals surface area contributed by atoms with Crippen LogP contribution in [0.15, 0.2) is 0 Å². The van der Waals surface area contributed by atoms with Gasteiger partial charge in [-0.1, -0.05) is 221 Å². The molecular weight excluding hydrogens is 621 g/mol. The molecule has 0 aromatic carbocycles. The molecule has 51 heavy (non-hydrogen) atoms. The summed E-state index contributed by atoms with van der Waals surface area (Å²) in [7, 11) is 0. The Morgan fingerprint density at radius 2 is 0.863 bits per heavy atom. The normalized spacial score (nSPS) is 24.5. The molecule has 2 unspecified atom stereocenters. The maximum absolute atomic E-state index is 14.4. The molecular formula is C49H92O2. The van der Waals surface area contributed by atoms with Gasteiger partial charge in [-0.05, 0) is 68.1 Å². The van der Waals surface area contributed by atoms with Crippen LogP contribution in [0.3, 0.4) is 0 Å². The molecule has 0 spiro atoms. The zero-order valence-corrected chi connectivity index (χ0v) is 35.8. The first kappa shape index (κ1) is 44.9. The van der Waals surface area contributed by atoms with Gasteiger partial charge >= 0.3 is 5.97 Å². The Morgan fingerprint density at radius 1 is 0.490 bits per heavy atom. The van der Waals surface area contributed by atoms with Gasteiger partial charge in [0.05, 0.1) is 12.0 Å². The van der Waals surface area contributed by atoms with Gasteiger partial charge in [0.1, 0.15) is 0 Å². The number of esters is 1. The molecule has 0 N–H and O–H groups in total. The van der Waals surface area contributed by atoms with E-state index >= 15 is 0 Å². The zero-order valence-electron chi connectivity index (χ0n) is 35.8. The topological polar surface area (TPSA) is 26.3 Å². The van der Waals surface area contributed by atoms with Crippen molar-refractivity contribution in [1.29, 1.82) is 0 Å². The monoisotopic (exact) mass is 713 g/mol. The highest BCUT2D eigenvalue weighted by atomic mass is 16.5. The first-order valence-corrected chi connectivity index (χ1v) is 24.1. The Hall–Kier alpha value is -0.530. The molecule has 300 valence electrons. The van der Waals surface area contributed by atoms with Gasteiger partial charge in [-0.25, -0.2) is 0 Å². The van der Waals surface area contributed by atoms with E-state index in [0.717, 1.165) is 12.5 Å². The van der Waals surface area contributed by atoms with E-state index in [1.807, 2.05) is 0 Å². The van der Waals surface area contributed by atoms with Crippen LogP contribution in [0.2, 0.25) is 0 Å². The van der Waals surface area contributed by atoms with Crippen molar-refractivity contribution in [3.63, 3.8) is 0 Å². The Morgan fingerprint density at radius 3 is 1.29 bits per heavy atom. The van der Waals surface area contributed by atoms with Gasteiger partial charge in [-0.3, -0.25) is 4.79 Å². The summed E-state index contributed by atoms with van der Waals surface area (Å²) >= 11 is 0. The Labute approximate surface area is 321 Å². The number of hydrogen-bond acceptors (Lipinski definition) is 2. The van der Waals surface area contributed by atoms with E-state index in [2.05, 4.69) is 34.6 Å². The quantitative estimate of drug-likeness (QED) is 0.0477. The van der Waals surface area contributed by atoms with Crippen molar-refractivity contribution >= 4 is 5.97 Å². The average Bonchev–Trinajstić information content (AvgIpc) is 3.53. The lowest BCUT2D eigenvalue weighted by atomic mass is 9.42. The SMILES string of the molecule is CCCCCCCCC(CCCCCCC)C(CCCCCCCC)(CCCCCCCC)C1(CCCCCCCC)CC23COC(=O)C1(C2)C3.